The first-order valence-electron chi connectivity index (χ1n) is 10.7. The fraction of sp³-hybridized carbons (Fsp3) is 0.280. The van der Waals surface area contributed by atoms with Gasteiger partial charge in [-0.15, -0.1) is 0 Å². The zero-order chi connectivity index (χ0) is 24.8. The number of anilines is 1. The number of rotatable bonds is 7. The molecule has 1 aromatic heterocycles. The molecule has 0 fully saturated rings. The van der Waals surface area contributed by atoms with Crippen molar-refractivity contribution in [3.05, 3.63) is 75.6 Å². The van der Waals surface area contributed by atoms with Crippen LogP contribution in [0.5, 0.6) is 5.88 Å². The molecule has 4 rings (SSSR count). The summed E-state index contributed by atoms with van der Waals surface area (Å²) in [5.41, 5.74) is 7.37. The number of aromatic nitrogens is 1. The molecular weight excluding hydrogens is 436 g/mol. The Morgan fingerprint density at radius 1 is 1.21 bits per heavy atom. The van der Waals surface area contributed by atoms with Crippen molar-refractivity contribution in [2.75, 3.05) is 39.6 Å². The van der Waals surface area contributed by atoms with Crippen molar-refractivity contribution >= 4 is 23.2 Å². The third kappa shape index (κ3) is 5.68. The van der Waals surface area contributed by atoms with Gasteiger partial charge >= 0.3 is 11.9 Å². The minimum absolute atomic E-state index is 0.558. The average molecular weight is 465 g/mol. The summed E-state index contributed by atoms with van der Waals surface area (Å²) >= 11 is 0. The minimum atomic E-state index is -1.26. The van der Waals surface area contributed by atoms with Gasteiger partial charge in [-0.3, -0.25) is 0 Å². The number of nitrogens with zero attached hydrogens (tertiary/aromatic N) is 3. The summed E-state index contributed by atoms with van der Waals surface area (Å²) in [7, 11) is 5.81. The van der Waals surface area contributed by atoms with E-state index < -0.39 is 11.9 Å². The Morgan fingerprint density at radius 3 is 2.53 bits per heavy atom. The normalized spacial score (nSPS) is 13.2. The Kier molecular flexibility index (Phi) is 7.80. The van der Waals surface area contributed by atoms with Crippen LogP contribution in [-0.2, 0) is 16.0 Å². The van der Waals surface area contributed by atoms with Gasteiger partial charge in [-0.2, -0.15) is 0 Å². The number of likely N-dealkylation sites (N-methyl/N-ethyl adjacent to an activating group) is 1. The maximum atomic E-state index is 9.55. The SMILES string of the molecule is COc1cc2c(cn1)=C1C(=CCc3c(C)ccc(NCCN(C)C)c31)N=2.O=C(O)/C=C\C(=O)O. The highest BCUT2D eigenvalue weighted by atomic mass is 16.5. The fourth-order valence-corrected chi connectivity index (χ4v) is 3.76. The summed E-state index contributed by atoms with van der Waals surface area (Å²) in [6.45, 7) is 4.07. The summed E-state index contributed by atoms with van der Waals surface area (Å²) in [4.78, 5) is 30.5. The summed E-state index contributed by atoms with van der Waals surface area (Å²) in [5, 5.41) is 21.3. The first-order chi connectivity index (χ1) is 16.2. The quantitative estimate of drug-likeness (QED) is 0.525. The highest BCUT2D eigenvalue weighted by Gasteiger charge is 2.25. The standard InChI is InChI=1S/C21H24N4O.C4H4O4/c1-13-5-7-16(22-9-10-25(2)3)20-14(13)6-8-17-21(20)15-12-23-19(26-4)11-18(15)24-17;5-3(6)1-2-4(7)8/h5,7-8,11-12,22H,6,9-10H2,1-4H3;1-2H,(H,5,6)(H,7,8)/b;2-1-. The molecule has 34 heavy (non-hydrogen) atoms. The average Bonchev–Trinajstić information content (AvgIpc) is 3.17. The highest BCUT2D eigenvalue weighted by molar-refractivity contribution is 5.90. The van der Waals surface area contributed by atoms with Gasteiger partial charge in [0.05, 0.1) is 18.2 Å². The van der Waals surface area contributed by atoms with Gasteiger partial charge < -0.3 is 25.2 Å². The number of ether oxygens (including phenoxy) is 1. The molecule has 2 heterocycles. The minimum Gasteiger partial charge on any atom is -0.481 e. The van der Waals surface area contributed by atoms with E-state index in [1.54, 1.807) is 7.11 Å². The second-order valence-corrected chi connectivity index (χ2v) is 8.05. The van der Waals surface area contributed by atoms with E-state index in [0.29, 0.717) is 18.0 Å². The lowest BCUT2D eigenvalue weighted by Crippen LogP contribution is -2.26. The van der Waals surface area contributed by atoms with Crippen molar-refractivity contribution in [1.82, 2.24) is 9.88 Å². The van der Waals surface area contributed by atoms with E-state index in [-0.39, 0.29) is 0 Å². The maximum absolute atomic E-state index is 9.55. The van der Waals surface area contributed by atoms with E-state index >= 15 is 0 Å². The third-order valence-electron chi connectivity index (χ3n) is 5.37. The number of hydrogen-bond donors (Lipinski definition) is 3. The van der Waals surface area contributed by atoms with E-state index in [1.165, 1.54) is 28.0 Å². The van der Waals surface area contributed by atoms with Crippen molar-refractivity contribution in [3.63, 3.8) is 0 Å². The Bertz CT molecular complexity index is 1280. The molecule has 2 aliphatic rings. The van der Waals surface area contributed by atoms with E-state index in [2.05, 4.69) is 54.4 Å². The van der Waals surface area contributed by atoms with Gasteiger partial charge in [0.2, 0.25) is 5.88 Å². The lowest BCUT2D eigenvalue weighted by molar-refractivity contribution is -0.134. The Hall–Kier alpha value is -3.98. The van der Waals surface area contributed by atoms with Crippen LogP contribution in [0.2, 0.25) is 0 Å². The fourth-order valence-electron chi connectivity index (χ4n) is 3.76. The molecule has 3 N–H and O–H groups in total. The van der Waals surface area contributed by atoms with Crippen LogP contribution in [0.1, 0.15) is 16.7 Å². The molecule has 9 nitrogen and oxygen atoms in total. The van der Waals surface area contributed by atoms with Crippen LogP contribution in [0.25, 0.3) is 5.57 Å². The topological polar surface area (TPSA) is 124 Å². The number of pyridine rings is 1. The van der Waals surface area contributed by atoms with Gasteiger partial charge in [-0.1, -0.05) is 12.1 Å². The van der Waals surface area contributed by atoms with Crippen LogP contribution in [0.3, 0.4) is 0 Å². The number of aliphatic carboxylic acids is 2. The zero-order valence-electron chi connectivity index (χ0n) is 19.6. The third-order valence-corrected chi connectivity index (χ3v) is 5.37. The molecule has 0 radical (unpaired) electrons. The second kappa shape index (κ2) is 10.8. The number of aryl methyl sites for hydroxylation is 1. The Balaban J connectivity index is 0.000000350. The molecule has 1 aromatic carbocycles. The smallest absolute Gasteiger partial charge is 0.328 e. The molecule has 0 bridgehead atoms. The predicted octanol–water partition coefficient (Wildman–Crippen LogP) is 1.36. The largest absolute Gasteiger partial charge is 0.481 e. The van der Waals surface area contributed by atoms with Crippen molar-refractivity contribution < 1.29 is 24.5 Å². The van der Waals surface area contributed by atoms with Crippen LogP contribution in [-0.4, -0.2) is 66.3 Å². The number of benzene rings is 1. The molecule has 2 aromatic rings. The second-order valence-electron chi connectivity index (χ2n) is 8.05. The Morgan fingerprint density at radius 2 is 1.91 bits per heavy atom. The number of nitrogens with one attached hydrogen (secondary N) is 1. The zero-order valence-corrected chi connectivity index (χ0v) is 19.6. The molecule has 178 valence electrons. The molecule has 0 spiro atoms. The van der Waals surface area contributed by atoms with Crippen molar-refractivity contribution in [2.45, 2.75) is 13.3 Å². The van der Waals surface area contributed by atoms with Gasteiger partial charge in [0.1, 0.15) is 0 Å². The van der Waals surface area contributed by atoms with Gasteiger partial charge in [0.15, 0.2) is 0 Å². The molecule has 0 amide bonds. The van der Waals surface area contributed by atoms with Crippen molar-refractivity contribution in [1.29, 1.82) is 0 Å². The molecule has 9 heteroatoms. The molecule has 0 saturated carbocycles. The number of hydrogen-bond acceptors (Lipinski definition) is 7. The molecule has 1 aliphatic heterocycles. The molecule has 0 atom stereocenters. The summed E-state index contributed by atoms with van der Waals surface area (Å²) in [6.07, 6.45) is 6.13. The van der Waals surface area contributed by atoms with Gasteiger partial charge in [0.25, 0.3) is 0 Å². The van der Waals surface area contributed by atoms with Crippen molar-refractivity contribution in [2.24, 2.45) is 4.99 Å². The number of carboxylic acids is 2. The van der Waals surface area contributed by atoms with Gasteiger partial charge in [-0.25, -0.2) is 19.6 Å². The summed E-state index contributed by atoms with van der Waals surface area (Å²) in [6, 6.07) is 6.31. The van der Waals surface area contributed by atoms with E-state index in [9.17, 15) is 9.59 Å². The van der Waals surface area contributed by atoms with Crippen LogP contribution >= 0.6 is 0 Å². The number of carboxylic acid groups (broad SMARTS) is 2. The van der Waals surface area contributed by atoms with E-state index in [1.807, 2.05) is 12.3 Å². The van der Waals surface area contributed by atoms with E-state index in [0.717, 1.165) is 35.8 Å². The van der Waals surface area contributed by atoms with Crippen LogP contribution in [0.4, 0.5) is 5.69 Å². The number of carbonyl (C=O) groups is 2. The van der Waals surface area contributed by atoms with Crippen LogP contribution in [0.15, 0.2) is 53.3 Å². The van der Waals surface area contributed by atoms with Gasteiger partial charge in [-0.05, 0) is 44.6 Å². The number of allylic oxidation sites excluding steroid dienone is 2. The van der Waals surface area contributed by atoms with Crippen LogP contribution in [0, 0.1) is 6.92 Å². The first-order valence-corrected chi connectivity index (χ1v) is 10.7. The lowest BCUT2D eigenvalue weighted by atomic mass is 9.86. The predicted molar refractivity (Wildman–Crippen MR) is 129 cm³/mol. The van der Waals surface area contributed by atoms with Crippen molar-refractivity contribution in [3.8, 4) is 5.88 Å². The lowest BCUT2D eigenvalue weighted by Gasteiger charge is -2.23. The Labute approximate surface area is 197 Å². The maximum Gasteiger partial charge on any atom is 0.328 e. The van der Waals surface area contributed by atoms with Gasteiger partial charge in [0, 0.05) is 59.5 Å². The monoisotopic (exact) mass is 464 g/mol. The van der Waals surface area contributed by atoms with E-state index in [4.69, 9.17) is 19.9 Å². The first kappa shape index (κ1) is 24.7. The number of fused-ring (bicyclic) bond motifs is 4. The highest BCUT2D eigenvalue weighted by Crippen LogP contribution is 2.38. The number of methoxy groups -OCH3 is 1. The molecular formula is C25H28N4O5. The molecule has 0 saturated heterocycles. The molecule has 1 aliphatic carbocycles. The summed E-state index contributed by atoms with van der Waals surface area (Å²) in [5.74, 6) is -1.92. The summed E-state index contributed by atoms with van der Waals surface area (Å²) < 4.78 is 5.26. The van der Waals surface area contributed by atoms with Crippen LogP contribution < -0.4 is 20.6 Å². The molecule has 0 unspecified atom stereocenters.